The van der Waals surface area contributed by atoms with Crippen LogP contribution < -0.4 is 31.9 Å². The van der Waals surface area contributed by atoms with E-state index in [4.69, 9.17) is 29.5 Å². The van der Waals surface area contributed by atoms with Crippen molar-refractivity contribution in [2.24, 2.45) is 19.9 Å². The molecule has 6 heterocycles. The number of hydrazine groups is 1. The summed E-state index contributed by atoms with van der Waals surface area (Å²) in [7, 11) is 4.62. The van der Waals surface area contributed by atoms with E-state index in [1.807, 2.05) is 0 Å². The van der Waals surface area contributed by atoms with Crippen molar-refractivity contribution in [1.82, 2.24) is 24.5 Å². The number of aryl methyl sites for hydroxylation is 2. The first-order valence-electron chi connectivity index (χ1n) is 16.1. The van der Waals surface area contributed by atoms with Gasteiger partial charge in [0.1, 0.15) is 34.8 Å². The fraction of sp³-hybridized carbons (Fsp3) is 0.371. The van der Waals surface area contributed by atoms with E-state index < -0.39 is 11.9 Å². The number of methoxy groups -OCH3 is 1. The number of nitrogens with two attached hydrogens (primary N) is 1. The molecular formula is C35H40N6O9. The van der Waals surface area contributed by atoms with E-state index in [1.54, 1.807) is 50.8 Å². The van der Waals surface area contributed by atoms with Crippen molar-refractivity contribution in [1.29, 1.82) is 0 Å². The van der Waals surface area contributed by atoms with Gasteiger partial charge in [-0.05, 0) is 36.4 Å². The van der Waals surface area contributed by atoms with E-state index in [-0.39, 0.29) is 23.3 Å². The van der Waals surface area contributed by atoms with Gasteiger partial charge in [0.25, 0.3) is 17.0 Å². The molecule has 4 aromatic rings. The van der Waals surface area contributed by atoms with Gasteiger partial charge in [-0.15, -0.1) is 0 Å². The van der Waals surface area contributed by atoms with Crippen LogP contribution in [0.3, 0.4) is 0 Å². The molecule has 2 aliphatic heterocycles. The molecule has 4 aromatic heterocycles. The summed E-state index contributed by atoms with van der Waals surface area (Å²) in [5, 5.41) is 0. The van der Waals surface area contributed by atoms with Crippen LogP contribution in [0.2, 0.25) is 0 Å². The molecule has 2 fully saturated rings. The van der Waals surface area contributed by atoms with E-state index in [2.05, 4.69) is 15.4 Å². The number of pyridine rings is 4. The van der Waals surface area contributed by atoms with Crippen molar-refractivity contribution >= 4 is 11.9 Å². The quantitative estimate of drug-likeness (QED) is 0.119. The Morgan fingerprint density at radius 2 is 1.20 bits per heavy atom. The molecule has 0 bridgehead atoms. The molecule has 0 aliphatic carbocycles. The zero-order chi connectivity index (χ0) is 35.6. The maximum atomic E-state index is 12.7. The minimum Gasteiger partial charge on any atom is -0.489 e. The second-order valence-corrected chi connectivity index (χ2v) is 11.6. The van der Waals surface area contributed by atoms with Gasteiger partial charge in [0.15, 0.2) is 0 Å². The summed E-state index contributed by atoms with van der Waals surface area (Å²) in [6.07, 6.45) is 9.28. The van der Waals surface area contributed by atoms with Gasteiger partial charge in [-0.3, -0.25) is 29.8 Å². The molecule has 2 aliphatic rings. The van der Waals surface area contributed by atoms with E-state index in [0.717, 1.165) is 25.7 Å². The first-order chi connectivity index (χ1) is 24.2. The highest BCUT2D eigenvalue weighted by Gasteiger charge is 2.23. The lowest BCUT2D eigenvalue weighted by molar-refractivity contribution is 0.0255. The summed E-state index contributed by atoms with van der Waals surface area (Å²) in [5.74, 6) is 5.15. The second-order valence-electron chi connectivity index (χ2n) is 11.6. The highest BCUT2D eigenvalue weighted by molar-refractivity contribution is 5.94. The average molecular weight is 689 g/mol. The highest BCUT2D eigenvalue weighted by atomic mass is 16.5. The topological polar surface area (TPSA) is 188 Å². The number of carbonyl (C=O) groups excluding carboxylic acids is 2. The van der Waals surface area contributed by atoms with Gasteiger partial charge < -0.3 is 32.8 Å². The largest absolute Gasteiger partial charge is 0.489 e. The molecule has 15 heteroatoms. The summed E-state index contributed by atoms with van der Waals surface area (Å²) < 4.78 is 30.4. The predicted octanol–water partition coefficient (Wildman–Crippen LogP) is 2.40. The van der Waals surface area contributed by atoms with Crippen LogP contribution in [0.5, 0.6) is 11.5 Å². The van der Waals surface area contributed by atoms with Crippen molar-refractivity contribution in [2.45, 2.75) is 37.9 Å². The van der Waals surface area contributed by atoms with Crippen molar-refractivity contribution in [2.75, 3.05) is 33.5 Å². The Morgan fingerprint density at radius 3 is 1.64 bits per heavy atom. The minimum atomic E-state index is -0.483. The van der Waals surface area contributed by atoms with Crippen molar-refractivity contribution in [3.63, 3.8) is 0 Å². The maximum Gasteiger partial charge on any atom is 0.337 e. The van der Waals surface area contributed by atoms with Crippen LogP contribution in [0, 0.1) is 0 Å². The van der Waals surface area contributed by atoms with Crippen LogP contribution in [0.4, 0.5) is 0 Å². The summed E-state index contributed by atoms with van der Waals surface area (Å²) in [4.78, 5) is 57.4. The van der Waals surface area contributed by atoms with Crippen LogP contribution in [0.25, 0.3) is 22.5 Å². The number of nitrogen functional groups attached to an aromatic ring is 1. The molecule has 15 nitrogen and oxygen atoms in total. The molecular weight excluding hydrogens is 648 g/mol. The van der Waals surface area contributed by atoms with Gasteiger partial charge in [0, 0.05) is 70.1 Å². The van der Waals surface area contributed by atoms with Crippen LogP contribution in [0.1, 0.15) is 46.4 Å². The Kier molecular flexibility index (Phi) is 12.1. The van der Waals surface area contributed by atoms with Crippen LogP contribution in [0.15, 0.2) is 70.8 Å². The second kappa shape index (κ2) is 16.8. The number of nitrogens with zero attached hydrogens (tertiary/aromatic N) is 4. The SMILES string of the molecule is COC(=O)c1ccnc(-c2c(OC3CCOCC3)ccn(C)c2=O)c1.Cn1ccc(OC2CCOCC2)c(-c2cc(C(=O)NN)ccn2)c1=O. The Morgan fingerprint density at radius 1 is 0.760 bits per heavy atom. The van der Waals surface area contributed by atoms with Gasteiger partial charge in [-0.1, -0.05) is 0 Å². The zero-order valence-corrected chi connectivity index (χ0v) is 28.1. The van der Waals surface area contributed by atoms with E-state index in [1.165, 1.54) is 40.8 Å². The number of nitrogens with one attached hydrogen (secondary N) is 1. The van der Waals surface area contributed by atoms with E-state index in [9.17, 15) is 19.2 Å². The van der Waals surface area contributed by atoms with E-state index >= 15 is 0 Å². The molecule has 0 aromatic carbocycles. The molecule has 50 heavy (non-hydrogen) atoms. The summed E-state index contributed by atoms with van der Waals surface area (Å²) in [6, 6.07) is 9.62. The monoisotopic (exact) mass is 688 g/mol. The highest BCUT2D eigenvalue weighted by Crippen LogP contribution is 2.29. The Hall–Kier alpha value is -5.38. The normalized spacial score (nSPS) is 15.0. The summed E-state index contributed by atoms with van der Waals surface area (Å²) >= 11 is 0. The standard InChI is InChI=1S/C18H20N2O5.C17H20N4O4/c1-20-8-4-15(25-13-5-9-24-10-6-13)16(17(20)21)14-11-12(3-7-19-14)18(22)23-2;1-21-7-3-14(25-12-4-8-24-9-5-12)15(17(21)23)13-10-11(2-6-19-13)16(22)20-18/h3-4,7-8,11,13H,5-6,9-10H2,1-2H3;2-3,6-7,10,12H,4-5,8-9,18H2,1H3,(H,20,22). The number of hydrogen-bond donors (Lipinski definition) is 2. The summed E-state index contributed by atoms with van der Waals surface area (Å²) in [6.45, 7) is 2.55. The summed E-state index contributed by atoms with van der Waals surface area (Å²) in [5.41, 5.74) is 3.63. The molecule has 0 saturated carbocycles. The lowest BCUT2D eigenvalue weighted by Gasteiger charge is -2.24. The molecule has 0 spiro atoms. The first-order valence-corrected chi connectivity index (χ1v) is 16.1. The molecule has 3 N–H and O–H groups in total. The zero-order valence-electron chi connectivity index (χ0n) is 28.1. The molecule has 6 rings (SSSR count). The first kappa shape index (κ1) is 35.9. The van der Waals surface area contributed by atoms with Crippen molar-refractivity contribution in [3.05, 3.63) is 93.0 Å². The molecule has 264 valence electrons. The van der Waals surface area contributed by atoms with Crippen LogP contribution in [-0.2, 0) is 28.3 Å². The lowest BCUT2D eigenvalue weighted by Crippen LogP contribution is -2.30. The third-order valence-corrected chi connectivity index (χ3v) is 8.23. The number of rotatable bonds is 8. The predicted molar refractivity (Wildman–Crippen MR) is 182 cm³/mol. The van der Waals surface area contributed by atoms with Crippen molar-refractivity contribution in [3.8, 4) is 34.0 Å². The molecule has 0 radical (unpaired) electrons. The number of ether oxygens (including phenoxy) is 5. The number of hydrogen-bond acceptors (Lipinski definition) is 12. The molecule has 0 unspecified atom stereocenters. The minimum absolute atomic E-state index is 0.0107. The van der Waals surface area contributed by atoms with Gasteiger partial charge in [0.2, 0.25) is 0 Å². The molecule has 0 atom stereocenters. The number of amides is 1. The fourth-order valence-corrected chi connectivity index (χ4v) is 5.44. The fourth-order valence-electron chi connectivity index (χ4n) is 5.44. The number of carbonyl (C=O) groups is 2. The lowest BCUT2D eigenvalue weighted by atomic mass is 10.1. The molecule has 1 amide bonds. The number of aromatic nitrogens is 4. The van der Waals surface area contributed by atoms with Crippen molar-refractivity contribution < 1.29 is 33.3 Å². The van der Waals surface area contributed by atoms with Gasteiger partial charge >= 0.3 is 5.97 Å². The van der Waals surface area contributed by atoms with Gasteiger partial charge in [0.05, 0.1) is 50.5 Å². The van der Waals surface area contributed by atoms with Gasteiger partial charge in [-0.2, -0.15) is 0 Å². The van der Waals surface area contributed by atoms with Crippen LogP contribution in [-0.4, -0.2) is 76.7 Å². The van der Waals surface area contributed by atoms with E-state index in [0.29, 0.717) is 71.6 Å². The van der Waals surface area contributed by atoms with Gasteiger partial charge in [-0.25, -0.2) is 10.6 Å². The number of esters is 1. The third-order valence-electron chi connectivity index (χ3n) is 8.23. The average Bonchev–Trinajstić information content (AvgIpc) is 3.15. The van der Waals surface area contributed by atoms with Crippen LogP contribution >= 0.6 is 0 Å². The third kappa shape index (κ3) is 8.61. The Labute approximate surface area is 287 Å². The molecule has 2 saturated heterocycles. The Bertz CT molecular complexity index is 1790. The maximum absolute atomic E-state index is 12.7. The Balaban J connectivity index is 0.000000194. The smallest absolute Gasteiger partial charge is 0.337 e.